The second-order valence-corrected chi connectivity index (χ2v) is 8.38. The fraction of sp³-hybridized carbons (Fsp3) is 0.462. The van der Waals surface area contributed by atoms with Gasteiger partial charge in [-0.15, -0.1) is 0 Å². The summed E-state index contributed by atoms with van der Waals surface area (Å²) in [5.41, 5.74) is 2.17. The van der Waals surface area contributed by atoms with Gasteiger partial charge in [0, 0.05) is 12.6 Å². The molecule has 1 aliphatic rings. The van der Waals surface area contributed by atoms with Crippen LogP contribution < -0.4 is 10.1 Å². The van der Waals surface area contributed by atoms with E-state index in [-0.39, 0.29) is 24.5 Å². The van der Waals surface area contributed by atoms with E-state index in [0.717, 1.165) is 36.8 Å². The predicted molar refractivity (Wildman–Crippen MR) is 123 cm³/mol. The van der Waals surface area contributed by atoms with E-state index in [4.69, 9.17) is 4.74 Å². The van der Waals surface area contributed by atoms with Gasteiger partial charge in [-0.3, -0.25) is 9.59 Å². The van der Waals surface area contributed by atoms with Crippen LogP contribution in [0.3, 0.4) is 0 Å². The van der Waals surface area contributed by atoms with E-state index in [1.165, 1.54) is 6.42 Å². The average molecular weight is 423 g/mol. The number of nitrogens with zero attached hydrogens (tertiary/aromatic N) is 1. The highest BCUT2D eigenvalue weighted by Crippen LogP contribution is 2.19. The number of amides is 2. The average Bonchev–Trinajstić information content (AvgIpc) is 2.80. The minimum Gasteiger partial charge on any atom is -0.484 e. The first kappa shape index (κ1) is 22.9. The van der Waals surface area contributed by atoms with Crippen molar-refractivity contribution in [2.75, 3.05) is 6.61 Å². The molecule has 166 valence electrons. The van der Waals surface area contributed by atoms with Crippen molar-refractivity contribution in [1.29, 1.82) is 0 Å². The van der Waals surface area contributed by atoms with E-state index in [2.05, 4.69) is 5.32 Å². The number of hydrogen-bond donors (Lipinski definition) is 1. The number of ether oxygens (including phenoxy) is 1. The summed E-state index contributed by atoms with van der Waals surface area (Å²) in [6, 6.07) is 17.1. The van der Waals surface area contributed by atoms with Gasteiger partial charge in [-0.2, -0.15) is 0 Å². The topological polar surface area (TPSA) is 58.6 Å². The zero-order valence-electron chi connectivity index (χ0n) is 18.7. The summed E-state index contributed by atoms with van der Waals surface area (Å²) in [6.45, 7) is 4.28. The highest BCUT2D eigenvalue weighted by atomic mass is 16.5. The molecule has 1 N–H and O–H groups in total. The van der Waals surface area contributed by atoms with E-state index in [1.54, 1.807) is 4.90 Å². The third-order valence-electron chi connectivity index (χ3n) is 5.92. The van der Waals surface area contributed by atoms with Crippen LogP contribution in [0.5, 0.6) is 5.75 Å². The third kappa shape index (κ3) is 6.84. The van der Waals surface area contributed by atoms with Gasteiger partial charge in [-0.05, 0) is 43.9 Å². The summed E-state index contributed by atoms with van der Waals surface area (Å²) in [5.74, 6) is 0.399. The third-order valence-corrected chi connectivity index (χ3v) is 5.92. The van der Waals surface area contributed by atoms with Crippen LogP contribution in [0.25, 0.3) is 0 Å². The maximum Gasteiger partial charge on any atom is 0.261 e. The second kappa shape index (κ2) is 11.5. The van der Waals surface area contributed by atoms with Gasteiger partial charge in [0.2, 0.25) is 5.91 Å². The molecule has 5 nitrogen and oxygen atoms in total. The Hall–Kier alpha value is -2.82. The van der Waals surface area contributed by atoms with Gasteiger partial charge in [0.15, 0.2) is 6.61 Å². The van der Waals surface area contributed by atoms with Crippen LogP contribution in [0.15, 0.2) is 54.6 Å². The van der Waals surface area contributed by atoms with E-state index in [1.807, 2.05) is 68.4 Å². The number of hydrogen-bond acceptors (Lipinski definition) is 3. The summed E-state index contributed by atoms with van der Waals surface area (Å²) < 4.78 is 5.71. The molecule has 3 rings (SSSR count). The monoisotopic (exact) mass is 422 g/mol. The maximum absolute atomic E-state index is 13.2. The Kier molecular flexibility index (Phi) is 8.51. The standard InChI is InChI=1S/C26H34N2O3/c1-3-24(26(30)27-22-10-6-4-7-11-22)28(18-21-16-14-20(2)15-17-21)25(29)19-31-23-12-8-5-9-13-23/h5,8-9,12-17,22,24H,3-4,6-7,10-11,18-19H2,1-2H3,(H,27,30)/t24-/m0/s1. The molecule has 1 fully saturated rings. The van der Waals surface area contributed by atoms with Crippen molar-refractivity contribution in [1.82, 2.24) is 10.2 Å². The summed E-state index contributed by atoms with van der Waals surface area (Å²) in [6.07, 6.45) is 6.13. The van der Waals surface area contributed by atoms with Crippen LogP contribution >= 0.6 is 0 Å². The molecule has 0 aromatic heterocycles. The van der Waals surface area contributed by atoms with Crippen molar-refractivity contribution < 1.29 is 14.3 Å². The Morgan fingerprint density at radius 3 is 2.35 bits per heavy atom. The molecule has 0 spiro atoms. The lowest BCUT2D eigenvalue weighted by atomic mass is 9.95. The second-order valence-electron chi connectivity index (χ2n) is 8.38. The zero-order valence-corrected chi connectivity index (χ0v) is 18.7. The lowest BCUT2D eigenvalue weighted by Crippen LogP contribution is -2.52. The molecule has 2 amide bonds. The predicted octanol–water partition coefficient (Wildman–Crippen LogP) is 4.63. The molecule has 2 aromatic carbocycles. The fourth-order valence-electron chi connectivity index (χ4n) is 4.10. The molecule has 0 unspecified atom stereocenters. The number of nitrogens with one attached hydrogen (secondary N) is 1. The van der Waals surface area contributed by atoms with Crippen molar-refractivity contribution in [3.63, 3.8) is 0 Å². The lowest BCUT2D eigenvalue weighted by molar-refractivity contribution is -0.143. The fourth-order valence-corrected chi connectivity index (χ4v) is 4.10. The van der Waals surface area contributed by atoms with E-state index < -0.39 is 6.04 Å². The Morgan fingerprint density at radius 1 is 1.03 bits per heavy atom. The molecule has 1 aliphatic carbocycles. The van der Waals surface area contributed by atoms with E-state index in [0.29, 0.717) is 18.7 Å². The first-order valence-corrected chi connectivity index (χ1v) is 11.4. The van der Waals surface area contributed by atoms with Gasteiger partial charge in [0.05, 0.1) is 0 Å². The number of benzene rings is 2. The van der Waals surface area contributed by atoms with Crippen LogP contribution in [0.1, 0.15) is 56.6 Å². The molecule has 2 aromatic rings. The Labute approximate surface area is 185 Å². The highest BCUT2D eigenvalue weighted by molar-refractivity contribution is 5.88. The quantitative estimate of drug-likeness (QED) is 0.641. The molecular formula is C26H34N2O3. The molecule has 1 atom stereocenters. The van der Waals surface area contributed by atoms with Crippen LogP contribution in [0.4, 0.5) is 0 Å². The van der Waals surface area contributed by atoms with Crippen molar-refractivity contribution >= 4 is 11.8 Å². The number of aryl methyl sites for hydroxylation is 1. The number of carbonyl (C=O) groups excluding carboxylic acids is 2. The Morgan fingerprint density at radius 2 is 1.71 bits per heavy atom. The van der Waals surface area contributed by atoms with Gasteiger partial charge in [0.1, 0.15) is 11.8 Å². The van der Waals surface area contributed by atoms with Gasteiger partial charge in [-0.25, -0.2) is 0 Å². The highest BCUT2D eigenvalue weighted by Gasteiger charge is 2.30. The first-order valence-electron chi connectivity index (χ1n) is 11.4. The maximum atomic E-state index is 13.2. The number of carbonyl (C=O) groups is 2. The Bertz CT molecular complexity index is 829. The summed E-state index contributed by atoms with van der Waals surface area (Å²) in [4.78, 5) is 28.0. The van der Waals surface area contributed by atoms with Gasteiger partial charge >= 0.3 is 0 Å². The molecule has 0 heterocycles. The smallest absolute Gasteiger partial charge is 0.261 e. The molecule has 5 heteroatoms. The molecule has 0 radical (unpaired) electrons. The van der Waals surface area contributed by atoms with Crippen molar-refractivity contribution in [2.45, 2.75) is 71.0 Å². The summed E-state index contributed by atoms with van der Waals surface area (Å²) >= 11 is 0. The number of para-hydroxylation sites is 1. The van der Waals surface area contributed by atoms with Crippen LogP contribution in [0.2, 0.25) is 0 Å². The van der Waals surface area contributed by atoms with Crippen LogP contribution in [-0.4, -0.2) is 35.4 Å². The van der Waals surface area contributed by atoms with Crippen molar-refractivity contribution in [3.05, 3.63) is 65.7 Å². The molecule has 1 saturated carbocycles. The largest absolute Gasteiger partial charge is 0.484 e. The minimum atomic E-state index is -0.518. The lowest BCUT2D eigenvalue weighted by Gasteiger charge is -2.32. The Balaban J connectivity index is 1.73. The summed E-state index contributed by atoms with van der Waals surface area (Å²) in [7, 11) is 0. The SMILES string of the molecule is CC[C@@H](C(=O)NC1CCCCC1)N(Cc1ccc(C)cc1)C(=O)COc1ccccc1. The molecule has 0 bridgehead atoms. The normalized spacial score (nSPS) is 15.2. The van der Waals surface area contributed by atoms with Gasteiger partial charge in [-0.1, -0.05) is 74.2 Å². The van der Waals surface area contributed by atoms with E-state index in [9.17, 15) is 9.59 Å². The van der Waals surface area contributed by atoms with E-state index >= 15 is 0 Å². The van der Waals surface area contributed by atoms with Crippen molar-refractivity contribution in [2.24, 2.45) is 0 Å². The minimum absolute atomic E-state index is 0.0606. The van der Waals surface area contributed by atoms with Crippen molar-refractivity contribution in [3.8, 4) is 5.75 Å². The molecule has 0 aliphatic heterocycles. The van der Waals surface area contributed by atoms with Crippen LogP contribution in [0, 0.1) is 6.92 Å². The number of rotatable bonds is 9. The summed E-state index contributed by atoms with van der Waals surface area (Å²) in [5, 5.41) is 3.20. The van der Waals surface area contributed by atoms with Gasteiger partial charge in [0.25, 0.3) is 5.91 Å². The molecule has 31 heavy (non-hydrogen) atoms. The van der Waals surface area contributed by atoms with Gasteiger partial charge < -0.3 is 15.0 Å². The zero-order chi connectivity index (χ0) is 22.1. The van der Waals surface area contributed by atoms with Crippen LogP contribution in [-0.2, 0) is 16.1 Å². The first-order chi connectivity index (χ1) is 15.1. The molecular weight excluding hydrogens is 388 g/mol. The molecule has 0 saturated heterocycles.